The maximum Gasteiger partial charge on any atom is 0.344 e. The summed E-state index contributed by atoms with van der Waals surface area (Å²) in [5.41, 5.74) is 0.774. The Morgan fingerprint density at radius 1 is 1.38 bits per heavy atom. The van der Waals surface area contributed by atoms with Crippen molar-refractivity contribution in [2.75, 3.05) is 0 Å². The van der Waals surface area contributed by atoms with Gasteiger partial charge in [0.1, 0.15) is 5.75 Å². The van der Waals surface area contributed by atoms with Gasteiger partial charge in [-0.05, 0) is 31.0 Å². The normalized spacial score (nSPS) is 14.2. The Balaban J connectivity index is 2.71. The van der Waals surface area contributed by atoms with E-state index in [0.29, 0.717) is 12.2 Å². The number of aliphatic hydroxyl groups is 1. The van der Waals surface area contributed by atoms with E-state index in [9.17, 15) is 9.90 Å². The third-order valence-corrected chi connectivity index (χ3v) is 2.29. The van der Waals surface area contributed by atoms with Crippen molar-refractivity contribution in [3.05, 3.63) is 29.8 Å². The van der Waals surface area contributed by atoms with E-state index in [1.165, 1.54) is 0 Å². The van der Waals surface area contributed by atoms with Crippen molar-refractivity contribution in [1.29, 1.82) is 0 Å². The highest BCUT2D eigenvalue weighted by Crippen LogP contribution is 2.18. The summed E-state index contributed by atoms with van der Waals surface area (Å²) in [4.78, 5) is 10.7. The van der Waals surface area contributed by atoms with Crippen LogP contribution in [0.5, 0.6) is 5.75 Å². The van der Waals surface area contributed by atoms with Crippen molar-refractivity contribution in [1.82, 2.24) is 0 Å². The minimum atomic E-state index is -0.970. The summed E-state index contributed by atoms with van der Waals surface area (Å²) >= 11 is 0. The van der Waals surface area contributed by atoms with E-state index in [-0.39, 0.29) is 0 Å². The number of aliphatic hydroxyl groups excluding tert-OH is 1. The molecule has 1 rings (SSSR count). The van der Waals surface area contributed by atoms with E-state index in [1.54, 1.807) is 38.1 Å². The lowest BCUT2D eigenvalue weighted by Crippen LogP contribution is -2.25. The first-order chi connectivity index (χ1) is 7.54. The lowest BCUT2D eigenvalue weighted by molar-refractivity contribution is -0.145. The van der Waals surface area contributed by atoms with Crippen molar-refractivity contribution in [3.8, 4) is 5.75 Å². The second kappa shape index (κ2) is 5.51. The standard InChI is InChI=1S/C12H16O4/c1-3-11(12(14)15)16-10-6-4-9(5-7-10)8(2)13/h4-8,11,13H,3H2,1-2H3,(H,14,15)/t8-,11?/m1/s1. The van der Waals surface area contributed by atoms with Gasteiger partial charge in [-0.25, -0.2) is 4.79 Å². The third kappa shape index (κ3) is 3.24. The molecule has 2 atom stereocenters. The van der Waals surface area contributed by atoms with Crippen molar-refractivity contribution in [2.24, 2.45) is 0 Å². The zero-order chi connectivity index (χ0) is 12.1. The van der Waals surface area contributed by atoms with E-state index in [4.69, 9.17) is 9.84 Å². The van der Waals surface area contributed by atoms with Crippen LogP contribution in [0.2, 0.25) is 0 Å². The van der Waals surface area contributed by atoms with Crippen molar-refractivity contribution in [2.45, 2.75) is 32.5 Å². The molecule has 0 aliphatic heterocycles. The SMILES string of the molecule is CCC(Oc1ccc([C@@H](C)O)cc1)C(=O)O. The molecule has 1 unspecified atom stereocenters. The van der Waals surface area contributed by atoms with Crippen molar-refractivity contribution >= 4 is 5.97 Å². The Hall–Kier alpha value is -1.55. The molecular weight excluding hydrogens is 208 g/mol. The van der Waals surface area contributed by atoms with Crippen LogP contribution in [0.1, 0.15) is 31.9 Å². The molecule has 0 spiro atoms. The predicted molar refractivity (Wildman–Crippen MR) is 59.4 cm³/mol. The largest absolute Gasteiger partial charge is 0.479 e. The summed E-state index contributed by atoms with van der Waals surface area (Å²) in [6.45, 7) is 3.42. The van der Waals surface area contributed by atoms with E-state index in [0.717, 1.165) is 5.56 Å². The van der Waals surface area contributed by atoms with E-state index in [2.05, 4.69) is 0 Å². The lowest BCUT2D eigenvalue weighted by atomic mass is 10.1. The number of ether oxygens (including phenoxy) is 1. The molecule has 88 valence electrons. The van der Waals surface area contributed by atoms with Gasteiger partial charge in [0, 0.05) is 0 Å². The maximum atomic E-state index is 10.7. The number of carbonyl (C=O) groups is 1. The molecule has 1 aromatic rings. The smallest absolute Gasteiger partial charge is 0.344 e. The monoisotopic (exact) mass is 224 g/mol. The van der Waals surface area contributed by atoms with Crippen LogP contribution in [0.4, 0.5) is 0 Å². The van der Waals surface area contributed by atoms with Crippen LogP contribution < -0.4 is 4.74 Å². The number of benzene rings is 1. The third-order valence-electron chi connectivity index (χ3n) is 2.29. The lowest BCUT2D eigenvalue weighted by Gasteiger charge is -2.13. The molecule has 0 radical (unpaired) electrons. The van der Waals surface area contributed by atoms with Gasteiger partial charge < -0.3 is 14.9 Å². The summed E-state index contributed by atoms with van der Waals surface area (Å²) < 4.78 is 5.28. The highest BCUT2D eigenvalue weighted by Gasteiger charge is 2.16. The van der Waals surface area contributed by atoms with Crippen LogP contribution >= 0.6 is 0 Å². The zero-order valence-electron chi connectivity index (χ0n) is 9.38. The highest BCUT2D eigenvalue weighted by atomic mass is 16.5. The van der Waals surface area contributed by atoms with Crippen LogP contribution in [0.15, 0.2) is 24.3 Å². The van der Waals surface area contributed by atoms with Crippen LogP contribution in [-0.2, 0) is 4.79 Å². The molecule has 16 heavy (non-hydrogen) atoms. The molecule has 0 heterocycles. The molecule has 0 saturated heterocycles. The number of hydrogen-bond donors (Lipinski definition) is 2. The van der Waals surface area contributed by atoms with Gasteiger partial charge in [-0.15, -0.1) is 0 Å². The Kier molecular flexibility index (Phi) is 4.31. The number of aliphatic carboxylic acids is 1. The molecule has 0 aliphatic rings. The average molecular weight is 224 g/mol. The number of carboxylic acid groups (broad SMARTS) is 1. The Morgan fingerprint density at radius 2 is 1.94 bits per heavy atom. The Bertz CT molecular complexity index is 343. The van der Waals surface area contributed by atoms with Crippen LogP contribution in [0.25, 0.3) is 0 Å². The molecular formula is C12H16O4. The van der Waals surface area contributed by atoms with Crippen molar-refractivity contribution < 1.29 is 19.7 Å². The second-order valence-electron chi connectivity index (χ2n) is 3.60. The molecule has 4 nitrogen and oxygen atoms in total. The quantitative estimate of drug-likeness (QED) is 0.802. The average Bonchev–Trinajstić information content (AvgIpc) is 2.26. The molecule has 0 aromatic heterocycles. The number of hydrogen-bond acceptors (Lipinski definition) is 3. The summed E-state index contributed by atoms with van der Waals surface area (Å²) in [5.74, 6) is -0.472. The van der Waals surface area contributed by atoms with Crippen LogP contribution in [0.3, 0.4) is 0 Å². The maximum absolute atomic E-state index is 10.7. The Morgan fingerprint density at radius 3 is 2.31 bits per heavy atom. The summed E-state index contributed by atoms with van der Waals surface area (Å²) in [7, 11) is 0. The fourth-order valence-electron chi connectivity index (χ4n) is 1.30. The van der Waals surface area contributed by atoms with E-state index < -0.39 is 18.2 Å². The van der Waals surface area contributed by atoms with Gasteiger partial charge in [-0.2, -0.15) is 0 Å². The summed E-state index contributed by atoms with van der Waals surface area (Å²) in [6.07, 6.45) is -0.944. The topological polar surface area (TPSA) is 66.8 Å². The zero-order valence-corrected chi connectivity index (χ0v) is 9.38. The first-order valence-corrected chi connectivity index (χ1v) is 5.22. The predicted octanol–water partition coefficient (Wildman–Crippen LogP) is 1.98. The van der Waals surface area contributed by atoms with Gasteiger partial charge in [0.25, 0.3) is 0 Å². The molecule has 0 saturated carbocycles. The first kappa shape index (κ1) is 12.5. The van der Waals surface area contributed by atoms with Gasteiger partial charge >= 0.3 is 5.97 Å². The second-order valence-corrected chi connectivity index (χ2v) is 3.60. The van der Waals surface area contributed by atoms with E-state index >= 15 is 0 Å². The van der Waals surface area contributed by atoms with Crippen LogP contribution in [0, 0.1) is 0 Å². The van der Waals surface area contributed by atoms with Gasteiger partial charge in [0.05, 0.1) is 6.10 Å². The molecule has 1 aromatic carbocycles. The molecule has 0 bridgehead atoms. The minimum absolute atomic E-state index is 0.410. The molecule has 0 aliphatic carbocycles. The molecule has 0 amide bonds. The fraction of sp³-hybridized carbons (Fsp3) is 0.417. The minimum Gasteiger partial charge on any atom is -0.479 e. The fourth-order valence-corrected chi connectivity index (χ4v) is 1.30. The van der Waals surface area contributed by atoms with Gasteiger partial charge in [-0.3, -0.25) is 0 Å². The molecule has 0 fully saturated rings. The first-order valence-electron chi connectivity index (χ1n) is 5.22. The summed E-state index contributed by atoms with van der Waals surface area (Å²) in [6, 6.07) is 6.75. The summed E-state index contributed by atoms with van der Waals surface area (Å²) in [5, 5.41) is 18.1. The van der Waals surface area contributed by atoms with Crippen molar-refractivity contribution in [3.63, 3.8) is 0 Å². The highest BCUT2D eigenvalue weighted by molar-refractivity contribution is 5.72. The van der Waals surface area contributed by atoms with Gasteiger partial charge in [0.15, 0.2) is 6.10 Å². The number of rotatable bonds is 5. The van der Waals surface area contributed by atoms with Gasteiger partial charge in [0.2, 0.25) is 0 Å². The molecule has 4 heteroatoms. The van der Waals surface area contributed by atoms with Crippen LogP contribution in [-0.4, -0.2) is 22.3 Å². The van der Waals surface area contributed by atoms with E-state index in [1.807, 2.05) is 0 Å². The number of carboxylic acids is 1. The Labute approximate surface area is 94.5 Å². The van der Waals surface area contributed by atoms with Gasteiger partial charge in [-0.1, -0.05) is 19.1 Å². The molecule has 2 N–H and O–H groups in total.